The van der Waals surface area contributed by atoms with Gasteiger partial charge in [-0.25, -0.2) is 0 Å². The molecule has 5 atom stereocenters. The Hall–Kier alpha value is -0.710. The molecule has 0 aromatic heterocycles. The number of rotatable bonds is 3. The van der Waals surface area contributed by atoms with Crippen LogP contribution in [0, 0.1) is 5.92 Å². The van der Waals surface area contributed by atoms with Crippen LogP contribution in [-0.2, 0) is 14.0 Å². The second-order valence-corrected chi connectivity index (χ2v) is 4.16. The largest absolute Gasteiger partial charge is 0.392 e. The van der Waals surface area contributed by atoms with E-state index < -0.39 is 18.4 Å². The lowest BCUT2D eigenvalue weighted by Crippen LogP contribution is -2.50. The molecule has 2 unspecified atom stereocenters. The summed E-state index contributed by atoms with van der Waals surface area (Å²) in [6.07, 6.45) is -1.50. The van der Waals surface area contributed by atoms with Crippen LogP contribution < -0.4 is 0 Å². The number of fused-ring (bicyclic) bond motifs is 2. The van der Waals surface area contributed by atoms with Crippen molar-refractivity contribution in [3.8, 4) is 0 Å². The predicted molar refractivity (Wildman–Crippen MR) is 49.5 cm³/mol. The van der Waals surface area contributed by atoms with Gasteiger partial charge in [-0.3, -0.25) is 4.57 Å². The number of hydrogen-bond acceptors (Lipinski definition) is 5. The van der Waals surface area contributed by atoms with E-state index in [1.54, 1.807) is 0 Å². The first kappa shape index (κ1) is 10.8. The maximum absolute atomic E-state index is 10.5. The summed E-state index contributed by atoms with van der Waals surface area (Å²) < 4.78 is 21.2. The van der Waals surface area contributed by atoms with Crippen molar-refractivity contribution in [2.75, 3.05) is 12.8 Å². The molecule has 0 amide bonds. The molecule has 82 valence electrons. The molecule has 2 rings (SSSR count). The predicted octanol–water partition coefficient (Wildman–Crippen LogP) is 0.689. The Morgan fingerprint density at radius 3 is 3.13 bits per heavy atom. The maximum atomic E-state index is 10.5. The molecule has 8 heteroatoms. The molecule has 2 bridgehead atoms. The Kier molecular flexibility index (Phi) is 3.19. The standard InChI is InChI=1S/C7H10N3O4P/c8-10-9-5-6(11)3(2-15-12)4-1-13-7(5)14-4/h3-7,11H,1-2H2/t3-,4?,5?,6-,7-/m1/s1. The van der Waals surface area contributed by atoms with E-state index in [4.69, 9.17) is 15.0 Å². The molecular weight excluding hydrogens is 221 g/mol. The molecule has 7 nitrogen and oxygen atoms in total. The van der Waals surface area contributed by atoms with Crippen molar-refractivity contribution in [2.45, 2.75) is 24.5 Å². The highest BCUT2D eigenvalue weighted by Crippen LogP contribution is 2.35. The van der Waals surface area contributed by atoms with Crippen LogP contribution in [0.15, 0.2) is 5.11 Å². The van der Waals surface area contributed by atoms with Gasteiger partial charge in [0.05, 0.1) is 18.8 Å². The van der Waals surface area contributed by atoms with Crippen molar-refractivity contribution in [2.24, 2.45) is 11.0 Å². The quantitative estimate of drug-likeness (QED) is 0.334. The average Bonchev–Trinajstić information content (AvgIpc) is 2.65. The normalized spacial score (nSPS) is 43.9. The molecule has 2 aliphatic rings. The summed E-state index contributed by atoms with van der Waals surface area (Å²) in [5, 5.41) is 13.4. The molecule has 0 aliphatic carbocycles. The third-order valence-electron chi connectivity index (χ3n) is 2.75. The lowest BCUT2D eigenvalue weighted by Gasteiger charge is -2.34. The lowest BCUT2D eigenvalue weighted by atomic mass is 9.91. The first-order valence-electron chi connectivity index (χ1n) is 4.56. The first-order chi connectivity index (χ1) is 7.27. The summed E-state index contributed by atoms with van der Waals surface area (Å²) in [6, 6.07) is -0.750. The number of aliphatic hydroxyl groups is 1. The summed E-state index contributed by atoms with van der Waals surface area (Å²) >= 11 is 0. The number of nitrogens with zero attached hydrogens (tertiary/aromatic N) is 3. The van der Waals surface area contributed by atoms with E-state index in [1.165, 1.54) is 0 Å². The number of aliphatic hydroxyl groups excluding tert-OH is 1. The van der Waals surface area contributed by atoms with Crippen molar-refractivity contribution in [1.29, 1.82) is 0 Å². The van der Waals surface area contributed by atoms with Gasteiger partial charge in [0.15, 0.2) is 14.8 Å². The van der Waals surface area contributed by atoms with Gasteiger partial charge in [-0.1, -0.05) is 5.11 Å². The number of azide groups is 1. The average molecular weight is 231 g/mol. The zero-order chi connectivity index (χ0) is 10.8. The Labute approximate surface area is 87.2 Å². The van der Waals surface area contributed by atoms with Crippen LogP contribution in [-0.4, -0.2) is 42.4 Å². The van der Waals surface area contributed by atoms with E-state index in [0.29, 0.717) is 6.61 Å². The molecule has 2 aliphatic heterocycles. The highest BCUT2D eigenvalue weighted by molar-refractivity contribution is 7.23. The van der Waals surface area contributed by atoms with E-state index in [0.717, 1.165) is 0 Å². The Morgan fingerprint density at radius 2 is 2.47 bits per heavy atom. The van der Waals surface area contributed by atoms with Crippen LogP contribution in [0.1, 0.15) is 0 Å². The molecule has 0 saturated carbocycles. The topological polar surface area (TPSA) is 105 Å². The SMILES string of the molecule is [N-]=[N+]=NC1[C@@H]2OCC(O2)[C@@H](CP=O)[C@H]1O. The van der Waals surface area contributed by atoms with E-state index in [-0.39, 0.29) is 26.6 Å². The summed E-state index contributed by atoms with van der Waals surface area (Å²) in [4.78, 5) is 2.65. The fourth-order valence-corrected chi connectivity index (χ4v) is 2.60. The summed E-state index contributed by atoms with van der Waals surface area (Å²) in [5.74, 6) is -0.307. The molecule has 15 heavy (non-hydrogen) atoms. The third-order valence-corrected chi connectivity index (χ3v) is 3.32. The second-order valence-electron chi connectivity index (χ2n) is 3.54. The van der Waals surface area contributed by atoms with Crippen molar-refractivity contribution in [1.82, 2.24) is 0 Å². The Bertz CT molecular complexity index is 309. The third kappa shape index (κ3) is 1.85. The van der Waals surface area contributed by atoms with Gasteiger partial charge in [-0.05, 0) is 5.53 Å². The summed E-state index contributed by atoms with van der Waals surface area (Å²) in [6.45, 7) is 0.347. The first-order valence-corrected chi connectivity index (χ1v) is 5.56. The van der Waals surface area contributed by atoms with Crippen molar-refractivity contribution in [3.05, 3.63) is 10.4 Å². The molecular formula is C7H10N3O4P. The van der Waals surface area contributed by atoms with Crippen LogP contribution in [0.2, 0.25) is 0 Å². The van der Waals surface area contributed by atoms with Crippen LogP contribution in [0.5, 0.6) is 0 Å². The molecule has 0 aromatic rings. The lowest BCUT2D eigenvalue weighted by molar-refractivity contribution is -0.151. The zero-order valence-corrected chi connectivity index (χ0v) is 8.66. The smallest absolute Gasteiger partial charge is 0.169 e. The van der Waals surface area contributed by atoms with Gasteiger partial charge in [0.2, 0.25) is 0 Å². The van der Waals surface area contributed by atoms with Gasteiger partial charge in [0.25, 0.3) is 0 Å². The molecule has 0 spiro atoms. The minimum atomic E-state index is -0.853. The van der Waals surface area contributed by atoms with Crippen LogP contribution in [0.4, 0.5) is 0 Å². The van der Waals surface area contributed by atoms with Gasteiger partial charge in [0.1, 0.15) is 6.04 Å². The number of ether oxygens (including phenoxy) is 2. The summed E-state index contributed by atoms with van der Waals surface area (Å²) in [5.41, 5.74) is 8.35. The molecule has 0 aromatic carbocycles. The van der Waals surface area contributed by atoms with Gasteiger partial charge in [0, 0.05) is 17.0 Å². The number of hydrogen-bond donors (Lipinski definition) is 1. The van der Waals surface area contributed by atoms with Crippen LogP contribution in [0.25, 0.3) is 10.4 Å². The minimum absolute atomic E-state index is 0.0586. The van der Waals surface area contributed by atoms with Crippen molar-refractivity contribution in [3.63, 3.8) is 0 Å². The monoisotopic (exact) mass is 231 g/mol. The van der Waals surface area contributed by atoms with E-state index in [2.05, 4.69) is 10.0 Å². The van der Waals surface area contributed by atoms with Gasteiger partial charge < -0.3 is 14.6 Å². The Balaban J connectivity index is 2.19. The fourth-order valence-electron chi connectivity index (χ4n) is 1.97. The van der Waals surface area contributed by atoms with Crippen LogP contribution >= 0.6 is 8.46 Å². The molecule has 2 fully saturated rings. The summed E-state index contributed by atoms with van der Waals surface area (Å²) in [7, 11) is -0.0586. The van der Waals surface area contributed by atoms with Gasteiger partial charge in [-0.15, -0.1) is 0 Å². The Morgan fingerprint density at radius 1 is 1.67 bits per heavy atom. The molecule has 1 N–H and O–H groups in total. The van der Waals surface area contributed by atoms with E-state index in [9.17, 15) is 9.67 Å². The zero-order valence-electron chi connectivity index (χ0n) is 7.76. The second kappa shape index (κ2) is 4.43. The van der Waals surface area contributed by atoms with Gasteiger partial charge >= 0.3 is 0 Å². The molecule has 2 heterocycles. The minimum Gasteiger partial charge on any atom is -0.392 e. The molecule has 0 radical (unpaired) electrons. The highest BCUT2D eigenvalue weighted by Gasteiger charge is 2.49. The van der Waals surface area contributed by atoms with Crippen molar-refractivity contribution < 1.29 is 19.1 Å². The van der Waals surface area contributed by atoms with Crippen molar-refractivity contribution >= 4 is 8.46 Å². The van der Waals surface area contributed by atoms with Gasteiger partial charge in [-0.2, -0.15) is 0 Å². The van der Waals surface area contributed by atoms with E-state index >= 15 is 0 Å². The van der Waals surface area contributed by atoms with E-state index in [1.807, 2.05) is 0 Å². The molecule has 2 saturated heterocycles. The maximum Gasteiger partial charge on any atom is 0.169 e. The fraction of sp³-hybridized carbons (Fsp3) is 1.00. The highest BCUT2D eigenvalue weighted by atomic mass is 31.1. The van der Waals surface area contributed by atoms with Crippen LogP contribution in [0.3, 0.4) is 0 Å².